The summed E-state index contributed by atoms with van der Waals surface area (Å²) in [5, 5.41) is 7.96. The van der Waals surface area contributed by atoms with Gasteiger partial charge in [-0.15, -0.1) is 0 Å². The molecule has 2 aromatic heterocycles. The Morgan fingerprint density at radius 2 is 1.66 bits per heavy atom. The second-order valence-corrected chi connectivity index (χ2v) is 9.80. The SMILES string of the molecule is Cc1cc(C)c(NC(=O)C2CC[NH+](Cc3cnn(-c4ccccc4)c3-n3cccc3)CC2)c(C)c1. The summed E-state index contributed by atoms with van der Waals surface area (Å²) >= 11 is 0. The van der Waals surface area contributed by atoms with Crippen molar-refractivity contribution in [2.24, 2.45) is 5.92 Å². The molecule has 1 aliphatic heterocycles. The van der Waals surface area contributed by atoms with Crippen LogP contribution in [0.4, 0.5) is 5.69 Å². The monoisotopic (exact) mass is 468 g/mol. The lowest BCUT2D eigenvalue weighted by atomic mass is 9.95. The van der Waals surface area contributed by atoms with Crippen LogP contribution in [0.1, 0.15) is 35.1 Å². The average Bonchev–Trinajstić information content (AvgIpc) is 3.52. The molecule has 0 saturated carbocycles. The van der Waals surface area contributed by atoms with Gasteiger partial charge in [0.25, 0.3) is 0 Å². The Bertz CT molecular complexity index is 1280. The van der Waals surface area contributed by atoms with Crippen LogP contribution in [0, 0.1) is 26.7 Å². The Morgan fingerprint density at radius 1 is 1.00 bits per heavy atom. The van der Waals surface area contributed by atoms with Gasteiger partial charge in [0.05, 0.1) is 30.5 Å². The van der Waals surface area contributed by atoms with Crippen molar-refractivity contribution in [3.63, 3.8) is 0 Å². The molecule has 1 saturated heterocycles. The number of benzene rings is 2. The minimum absolute atomic E-state index is 0.0646. The van der Waals surface area contributed by atoms with Crippen LogP contribution in [0.25, 0.3) is 11.5 Å². The van der Waals surface area contributed by atoms with Crippen LogP contribution in [-0.4, -0.2) is 33.3 Å². The summed E-state index contributed by atoms with van der Waals surface area (Å²) in [6, 6.07) is 18.6. The number of hydrogen-bond acceptors (Lipinski definition) is 2. The first-order chi connectivity index (χ1) is 17.0. The maximum Gasteiger partial charge on any atom is 0.227 e. The van der Waals surface area contributed by atoms with Crippen LogP contribution in [0.3, 0.4) is 0 Å². The number of anilines is 1. The Morgan fingerprint density at radius 3 is 2.31 bits per heavy atom. The van der Waals surface area contributed by atoms with Crippen LogP contribution in [0.15, 0.2) is 73.2 Å². The van der Waals surface area contributed by atoms with Crippen molar-refractivity contribution in [2.75, 3.05) is 18.4 Å². The summed E-state index contributed by atoms with van der Waals surface area (Å²) in [6.07, 6.45) is 7.94. The van der Waals surface area contributed by atoms with E-state index in [1.54, 1.807) is 0 Å². The lowest BCUT2D eigenvalue weighted by Gasteiger charge is -2.29. The van der Waals surface area contributed by atoms with Gasteiger partial charge in [-0.1, -0.05) is 35.9 Å². The van der Waals surface area contributed by atoms with Gasteiger partial charge in [0.15, 0.2) is 0 Å². The molecule has 6 nitrogen and oxygen atoms in total. The predicted molar refractivity (Wildman–Crippen MR) is 139 cm³/mol. The molecule has 2 aromatic carbocycles. The third kappa shape index (κ3) is 4.93. The summed E-state index contributed by atoms with van der Waals surface area (Å²) in [7, 11) is 0. The van der Waals surface area contributed by atoms with Crippen molar-refractivity contribution >= 4 is 11.6 Å². The van der Waals surface area contributed by atoms with Crippen LogP contribution < -0.4 is 10.2 Å². The smallest absolute Gasteiger partial charge is 0.227 e. The van der Waals surface area contributed by atoms with E-state index in [4.69, 9.17) is 5.10 Å². The van der Waals surface area contributed by atoms with Gasteiger partial charge >= 0.3 is 0 Å². The summed E-state index contributed by atoms with van der Waals surface area (Å²) in [4.78, 5) is 14.6. The topological polar surface area (TPSA) is 56.3 Å². The zero-order valence-corrected chi connectivity index (χ0v) is 20.8. The number of likely N-dealkylation sites (tertiary alicyclic amines) is 1. The van der Waals surface area contributed by atoms with Gasteiger partial charge in [0.1, 0.15) is 12.4 Å². The number of nitrogens with one attached hydrogen (secondary N) is 2. The van der Waals surface area contributed by atoms with Crippen LogP contribution in [0.5, 0.6) is 0 Å². The first kappa shape index (κ1) is 23.1. The number of para-hydroxylation sites is 1. The largest absolute Gasteiger partial charge is 0.331 e. The number of hydrogen-bond donors (Lipinski definition) is 2. The molecule has 0 atom stereocenters. The lowest BCUT2D eigenvalue weighted by molar-refractivity contribution is -0.919. The highest BCUT2D eigenvalue weighted by atomic mass is 16.1. The molecule has 0 unspecified atom stereocenters. The number of nitrogens with zero attached hydrogens (tertiary/aromatic N) is 3. The Balaban J connectivity index is 1.27. The second-order valence-electron chi connectivity index (χ2n) is 9.80. The molecule has 4 aromatic rings. The molecule has 35 heavy (non-hydrogen) atoms. The van der Waals surface area contributed by atoms with Gasteiger partial charge in [-0.3, -0.25) is 4.79 Å². The van der Waals surface area contributed by atoms with Gasteiger partial charge < -0.3 is 14.8 Å². The third-order valence-corrected chi connectivity index (χ3v) is 7.10. The molecule has 6 heteroatoms. The fourth-order valence-corrected chi connectivity index (χ4v) is 5.35. The van der Waals surface area contributed by atoms with E-state index in [9.17, 15) is 4.79 Å². The Hall–Kier alpha value is -3.64. The normalized spacial score (nSPS) is 17.9. The Kier molecular flexibility index (Phi) is 6.55. The average molecular weight is 469 g/mol. The molecule has 0 bridgehead atoms. The highest BCUT2D eigenvalue weighted by Gasteiger charge is 2.29. The minimum Gasteiger partial charge on any atom is -0.331 e. The van der Waals surface area contributed by atoms with E-state index in [-0.39, 0.29) is 11.8 Å². The number of rotatable bonds is 6. The van der Waals surface area contributed by atoms with E-state index in [2.05, 4.69) is 67.3 Å². The molecular formula is C29H34N5O+. The maximum absolute atomic E-state index is 13.1. The molecule has 0 spiro atoms. The number of quaternary nitrogens is 1. The molecule has 1 amide bonds. The van der Waals surface area contributed by atoms with Crippen molar-refractivity contribution < 1.29 is 9.69 Å². The highest BCUT2D eigenvalue weighted by Crippen LogP contribution is 2.24. The highest BCUT2D eigenvalue weighted by molar-refractivity contribution is 5.94. The number of aryl methyl sites for hydroxylation is 3. The zero-order chi connectivity index (χ0) is 24.4. The molecule has 1 aliphatic rings. The standard InChI is InChI=1S/C29H33N5O/c1-21-17-22(2)27(23(3)18-21)31-28(35)24-11-15-32(16-12-24)20-25-19-30-34(26-9-5-4-6-10-26)29(25)33-13-7-8-14-33/h4-10,13-14,17-19,24H,11-12,15-16,20H2,1-3H3,(H,31,35)/p+1. The molecule has 1 fully saturated rings. The van der Waals surface area contributed by atoms with E-state index < -0.39 is 0 Å². The zero-order valence-electron chi connectivity index (χ0n) is 20.8. The lowest BCUT2D eigenvalue weighted by Crippen LogP contribution is -3.11. The fraction of sp³-hybridized carbons (Fsp3) is 0.310. The van der Waals surface area contributed by atoms with E-state index in [0.717, 1.165) is 60.8 Å². The molecule has 2 N–H and O–H groups in total. The van der Waals surface area contributed by atoms with E-state index >= 15 is 0 Å². The minimum atomic E-state index is 0.0646. The van der Waals surface area contributed by atoms with Gasteiger partial charge in [0, 0.05) is 36.8 Å². The van der Waals surface area contributed by atoms with Gasteiger partial charge in [-0.05, 0) is 56.2 Å². The summed E-state index contributed by atoms with van der Waals surface area (Å²) < 4.78 is 4.16. The van der Waals surface area contributed by atoms with E-state index in [1.807, 2.05) is 41.2 Å². The number of piperidine rings is 1. The van der Waals surface area contributed by atoms with E-state index in [1.165, 1.54) is 16.0 Å². The van der Waals surface area contributed by atoms with Crippen molar-refractivity contribution in [3.8, 4) is 11.5 Å². The van der Waals surface area contributed by atoms with Crippen LogP contribution in [-0.2, 0) is 11.3 Å². The number of aromatic nitrogens is 3. The van der Waals surface area contributed by atoms with Crippen molar-refractivity contribution in [2.45, 2.75) is 40.2 Å². The third-order valence-electron chi connectivity index (χ3n) is 7.10. The predicted octanol–water partition coefficient (Wildman–Crippen LogP) is 4.02. The quantitative estimate of drug-likeness (QED) is 0.449. The van der Waals surface area contributed by atoms with Gasteiger partial charge in [0.2, 0.25) is 5.91 Å². The van der Waals surface area contributed by atoms with Gasteiger partial charge in [-0.25, -0.2) is 4.68 Å². The first-order valence-electron chi connectivity index (χ1n) is 12.5. The first-order valence-corrected chi connectivity index (χ1v) is 12.5. The van der Waals surface area contributed by atoms with Crippen molar-refractivity contribution in [1.29, 1.82) is 0 Å². The molecule has 0 aliphatic carbocycles. The number of amides is 1. The number of carbonyl (C=O) groups excluding carboxylic acids is 1. The molecule has 0 radical (unpaired) electrons. The molecule has 180 valence electrons. The summed E-state index contributed by atoms with van der Waals surface area (Å²) in [6.45, 7) is 9.08. The van der Waals surface area contributed by atoms with Crippen molar-refractivity contribution in [3.05, 3.63) is 95.4 Å². The molecule has 3 heterocycles. The van der Waals surface area contributed by atoms with Gasteiger partial charge in [-0.2, -0.15) is 5.10 Å². The molecule has 5 rings (SSSR count). The van der Waals surface area contributed by atoms with Crippen LogP contribution in [0.2, 0.25) is 0 Å². The summed E-state index contributed by atoms with van der Waals surface area (Å²) in [5.41, 5.74) is 6.73. The van der Waals surface area contributed by atoms with Crippen LogP contribution >= 0.6 is 0 Å². The maximum atomic E-state index is 13.1. The fourth-order valence-electron chi connectivity index (χ4n) is 5.35. The van der Waals surface area contributed by atoms with Crippen molar-refractivity contribution in [1.82, 2.24) is 14.3 Å². The number of carbonyl (C=O) groups is 1. The van der Waals surface area contributed by atoms with E-state index in [0.29, 0.717) is 0 Å². The molecular weight excluding hydrogens is 434 g/mol. The Labute approximate surface area is 207 Å². The summed E-state index contributed by atoms with van der Waals surface area (Å²) in [5.74, 6) is 1.30. The second kappa shape index (κ2) is 9.92.